The molecule has 160 valence electrons. The van der Waals surface area contributed by atoms with Gasteiger partial charge in [-0.05, 0) is 49.5 Å². The molecule has 0 aromatic heterocycles. The van der Waals surface area contributed by atoms with Gasteiger partial charge in [0, 0.05) is 11.4 Å². The number of amides is 2. The summed E-state index contributed by atoms with van der Waals surface area (Å²) < 4.78 is 0. The second-order valence-electron chi connectivity index (χ2n) is 8.15. The molecule has 1 aliphatic heterocycles. The van der Waals surface area contributed by atoms with Crippen molar-refractivity contribution in [1.29, 1.82) is 0 Å². The summed E-state index contributed by atoms with van der Waals surface area (Å²) >= 11 is 0. The first-order valence-electron chi connectivity index (χ1n) is 9.44. The number of likely N-dealkylation sites (tertiary alicyclic amines) is 1. The summed E-state index contributed by atoms with van der Waals surface area (Å²) in [6, 6.07) is 6.56. The number of hydrogen-bond acceptors (Lipinski definition) is 4. The van der Waals surface area contributed by atoms with Gasteiger partial charge in [-0.1, -0.05) is 39.7 Å². The number of rotatable bonds is 5. The van der Waals surface area contributed by atoms with Crippen molar-refractivity contribution in [3.8, 4) is 0 Å². The second-order valence-corrected chi connectivity index (χ2v) is 8.15. The lowest BCUT2D eigenvalue weighted by Gasteiger charge is -2.25. The van der Waals surface area contributed by atoms with E-state index in [1.165, 1.54) is 12.8 Å². The fourth-order valence-corrected chi connectivity index (χ4v) is 2.99. The first kappa shape index (κ1) is 26.7. The fourth-order valence-electron chi connectivity index (χ4n) is 2.99. The van der Waals surface area contributed by atoms with Crippen molar-refractivity contribution in [3.05, 3.63) is 24.3 Å². The molecule has 4 N–H and O–H groups in total. The second kappa shape index (κ2) is 12.3. The highest BCUT2D eigenvalue weighted by atomic mass is 35.5. The van der Waals surface area contributed by atoms with Crippen LogP contribution in [-0.4, -0.2) is 42.4 Å². The molecule has 2 rings (SSSR count). The van der Waals surface area contributed by atoms with Crippen molar-refractivity contribution in [1.82, 2.24) is 4.90 Å². The van der Waals surface area contributed by atoms with Crippen molar-refractivity contribution < 1.29 is 9.59 Å². The normalized spacial score (nSPS) is 16.0. The number of benzene rings is 1. The van der Waals surface area contributed by atoms with Crippen molar-refractivity contribution >= 4 is 48.0 Å². The molecule has 1 fully saturated rings. The molecule has 8 heteroatoms. The standard InChI is InChI=1S/C20H32N4O2.2ClH/c1-20(2,3)18(21)19(26)23-16-10-8-9-15(13-16)22-17(25)14-24-11-6-4-5-7-12-24;;/h8-10,13,18H,4-7,11-12,14,21H2,1-3H3,(H,22,25)(H,23,26);2*1H/t18-;;/m1../s1. The minimum atomic E-state index is -0.608. The van der Waals surface area contributed by atoms with Crippen molar-refractivity contribution in [2.75, 3.05) is 30.3 Å². The van der Waals surface area contributed by atoms with Crippen LogP contribution in [0.15, 0.2) is 24.3 Å². The zero-order chi connectivity index (χ0) is 19.2. The van der Waals surface area contributed by atoms with Gasteiger partial charge in [0.1, 0.15) is 0 Å². The summed E-state index contributed by atoms with van der Waals surface area (Å²) in [7, 11) is 0. The number of nitrogens with two attached hydrogens (primary N) is 1. The van der Waals surface area contributed by atoms with E-state index in [-0.39, 0.29) is 42.0 Å². The first-order chi connectivity index (χ1) is 12.3. The molecule has 1 atom stereocenters. The number of carbonyl (C=O) groups is 2. The summed E-state index contributed by atoms with van der Waals surface area (Å²) in [5.41, 5.74) is 6.97. The van der Waals surface area contributed by atoms with Crippen molar-refractivity contribution in [2.45, 2.75) is 52.5 Å². The number of nitrogens with one attached hydrogen (secondary N) is 2. The van der Waals surface area contributed by atoms with Gasteiger partial charge in [0.25, 0.3) is 0 Å². The number of hydrogen-bond donors (Lipinski definition) is 3. The summed E-state index contributed by atoms with van der Waals surface area (Å²) in [6.07, 6.45) is 4.80. The van der Waals surface area contributed by atoms with E-state index < -0.39 is 6.04 Å². The van der Waals surface area contributed by atoms with E-state index in [0.717, 1.165) is 25.9 Å². The summed E-state index contributed by atoms with van der Waals surface area (Å²) in [5.74, 6) is -0.257. The Morgan fingerprint density at radius 2 is 1.57 bits per heavy atom. The molecule has 2 amide bonds. The lowest BCUT2D eigenvalue weighted by molar-refractivity contribution is -0.119. The zero-order valence-electron chi connectivity index (χ0n) is 17.0. The highest BCUT2D eigenvalue weighted by Crippen LogP contribution is 2.20. The average Bonchev–Trinajstić information content (AvgIpc) is 2.82. The van der Waals surface area contributed by atoms with Crippen LogP contribution in [0.1, 0.15) is 46.5 Å². The van der Waals surface area contributed by atoms with Gasteiger partial charge in [-0.25, -0.2) is 0 Å². The van der Waals surface area contributed by atoms with Crippen LogP contribution in [0, 0.1) is 5.41 Å². The number of carbonyl (C=O) groups excluding carboxylic acids is 2. The van der Waals surface area contributed by atoms with E-state index >= 15 is 0 Å². The minimum absolute atomic E-state index is 0. The monoisotopic (exact) mass is 432 g/mol. The quantitative estimate of drug-likeness (QED) is 0.662. The summed E-state index contributed by atoms with van der Waals surface area (Å²) in [4.78, 5) is 26.8. The summed E-state index contributed by atoms with van der Waals surface area (Å²) in [6.45, 7) is 8.15. The molecule has 0 saturated carbocycles. The molecule has 0 unspecified atom stereocenters. The van der Waals surface area contributed by atoms with E-state index in [1.807, 2.05) is 26.8 Å². The Labute approximate surface area is 180 Å². The van der Waals surface area contributed by atoms with E-state index in [0.29, 0.717) is 17.9 Å². The molecular formula is C20H34Cl2N4O2. The van der Waals surface area contributed by atoms with Crippen LogP contribution in [0.2, 0.25) is 0 Å². The van der Waals surface area contributed by atoms with Crippen LogP contribution in [0.25, 0.3) is 0 Å². The maximum Gasteiger partial charge on any atom is 0.241 e. The van der Waals surface area contributed by atoms with Crippen molar-refractivity contribution in [2.24, 2.45) is 11.1 Å². The van der Waals surface area contributed by atoms with E-state index in [1.54, 1.807) is 18.2 Å². The van der Waals surface area contributed by atoms with E-state index in [4.69, 9.17) is 5.73 Å². The van der Waals surface area contributed by atoms with Crippen molar-refractivity contribution in [3.63, 3.8) is 0 Å². The Bertz CT molecular complexity index is 627. The molecule has 28 heavy (non-hydrogen) atoms. The molecule has 1 heterocycles. The predicted octanol–water partition coefficient (Wildman–Crippen LogP) is 3.66. The minimum Gasteiger partial charge on any atom is -0.325 e. The molecule has 0 spiro atoms. The van der Waals surface area contributed by atoms with Crippen LogP contribution in [0.5, 0.6) is 0 Å². The maximum absolute atomic E-state index is 12.3. The predicted molar refractivity (Wildman–Crippen MR) is 121 cm³/mol. The van der Waals surface area contributed by atoms with Gasteiger partial charge in [0.2, 0.25) is 11.8 Å². The SMILES string of the molecule is CC(C)(C)[C@H](N)C(=O)Nc1cccc(NC(=O)CN2CCCCCC2)c1.Cl.Cl. The highest BCUT2D eigenvalue weighted by Gasteiger charge is 2.27. The Morgan fingerprint density at radius 3 is 2.11 bits per heavy atom. The Morgan fingerprint density at radius 1 is 1.04 bits per heavy atom. The molecule has 1 aromatic carbocycles. The first-order valence-corrected chi connectivity index (χ1v) is 9.44. The van der Waals surface area contributed by atoms with Crippen LogP contribution in [0.4, 0.5) is 11.4 Å². The Kier molecular flexibility index (Phi) is 11.7. The lowest BCUT2D eigenvalue weighted by Crippen LogP contribution is -2.45. The molecule has 1 saturated heterocycles. The van der Waals surface area contributed by atoms with Gasteiger partial charge < -0.3 is 16.4 Å². The third-order valence-corrected chi connectivity index (χ3v) is 4.70. The van der Waals surface area contributed by atoms with Crippen LogP contribution >= 0.6 is 24.8 Å². The van der Waals surface area contributed by atoms with Crippen LogP contribution in [-0.2, 0) is 9.59 Å². The van der Waals surface area contributed by atoms with Crippen LogP contribution < -0.4 is 16.4 Å². The molecule has 1 aromatic rings. The lowest BCUT2D eigenvalue weighted by atomic mass is 9.87. The van der Waals surface area contributed by atoms with Gasteiger partial charge in [-0.3, -0.25) is 14.5 Å². The molecule has 1 aliphatic rings. The molecule has 0 bridgehead atoms. The van der Waals surface area contributed by atoms with E-state index in [2.05, 4.69) is 15.5 Å². The smallest absolute Gasteiger partial charge is 0.241 e. The number of anilines is 2. The molecule has 0 aliphatic carbocycles. The van der Waals surface area contributed by atoms with Gasteiger partial charge in [0.05, 0.1) is 12.6 Å². The topological polar surface area (TPSA) is 87.5 Å². The Balaban J connectivity index is 0.00000364. The van der Waals surface area contributed by atoms with Crippen LogP contribution in [0.3, 0.4) is 0 Å². The van der Waals surface area contributed by atoms with E-state index in [9.17, 15) is 9.59 Å². The summed E-state index contributed by atoms with van der Waals surface area (Å²) in [5, 5.41) is 5.75. The van der Waals surface area contributed by atoms with Gasteiger partial charge in [-0.2, -0.15) is 0 Å². The van der Waals surface area contributed by atoms with Gasteiger partial charge in [0.15, 0.2) is 0 Å². The third-order valence-electron chi connectivity index (χ3n) is 4.70. The maximum atomic E-state index is 12.3. The zero-order valence-corrected chi connectivity index (χ0v) is 18.6. The van der Waals surface area contributed by atoms with Gasteiger partial charge in [-0.15, -0.1) is 24.8 Å². The largest absolute Gasteiger partial charge is 0.325 e. The average molecular weight is 433 g/mol. The van der Waals surface area contributed by atoms with Gasteiger partial charge >= 0.3 is 0 Å². The fraction of sp³-hybridized carbons (Fsp3) is 0.600. The molecule has 6 nitrogen and oxygen atoms in total. The number of halogens is 2. The molecular weight excluding hydrogens is 399 g/mol. The molecule has 0 radical (unpaired) electrons. The highest BCUT2D eigenvalue weighted by molar-refractivity contribution is 5.97. The Hall–Kier alpha value is -1.34. The third kappa shape index (κ3) is 8.78. The number of nitrogens with zero attached hydrogens (tertiary/aromatic N) is 1.